The van der Waals surface area contributed by atoms with Crippen molar-refractivity contribution in [3.05, 3.63) is 71.2 Å². The smallest absolute Gasteiger partial charge is 0.156 e. The van der Waals surface area contributed by atoms with Gasteiger partial charge in [0.05, 0.1) is 29.8 Å². The SMILES string of the molecule is C#CC#CC#CC#CC#CC#CC#CC#CC#CC#CC#CC#CC.N=N/N=N/N=N/N=N/N.N[C@@H]1c2cnccc2CC12CCN(c1cnc3c(n1)CN=C3N1CCCc3ncccc31)CC2.[HH].[HH].[HH].[HH].[HH].[HH].[HH].[HH].[HH].[HH].[HH]. The van der Waals surface area contributed by atoms with Crippen molar-refractivity contribution >= 4 is 17.3 Å². The van der Waals surface area contributed by atoms with Gasteiger partial charge in [-0.15, -0.1) is 6.42 Å². The zero-order valence-electron chi connectivity index (χ0n) is 36.5. The maximum atomic E-state index is 6.72. The van der Waals surface area contributed by atoms with Crippen LogP contribution >= 0.6 is 0 Å². The van der Waals surface area contributed by atoms with E-state index in [1.54, 1.807) is 6.92 Å². The summed E-state index contributed by atoms with van der Waals surface area (Å²) in [4.78, 5) is 28.2. The summed E-state index contributed by atoms with van der Waals surface area (Å²) >= 11 is 0. The molecular formula is C51H57N17. The van der Waals surface area contributed by atoms with E-state index in [9.17, 15) is 0 Å². The molecule has 3 aromatic heterocycles. The van der Waals surface area contributed by atoms with Crippen molar-refractivity contribution in [2.45, 2.75) is 51.6 Å². The van der Waals surface area contributed by atoms with Gasteiger partial charge in [-0.25, -0.2) is 9.97 Å². The lowest BCUT2D eigenvalue weighted by atomic mass is 9.73. The molecule has 346 valence electrons. The Balaban J connectivity index is -0.000000208. The number of nitrogens with two attached hydrogens (primary N) is 2. The average molecular weight is 908 g/mol. The number of nitrogens with zero attached hydrogens (tertiary/aromatic N) is 14. The monoisotopic (exact) mass is 907 g/mol. The maximum absolute atomic E-state index is 6.72. The van der Waals surface area contributed by atoms with Crippen LogP contribution in [-0.2, 0) is 19.4 Å². The third-order valence-corrected chi connectivity index (χ3v) is 9.90. The summed E-state index contributed by atoms with van der Waals surface area (Å²) in [5, 5.41) is 19.4. The molecule has 1 spiro atoms. The van der Waals surface area contributed by atoms with E-state index < -0.39 is 0 Å². The summed E-state index contributed by atoms with van der Waals surface area (Å²) in [5.41, 5.74) is 19.7. The van der Waals surface area contributed by atoms with E-state index in [0.29, 0.717) is 6.54 Å². The minimum Gasteiger partial charge on any atom is -0.355 e. The normalized spacial score (nSPS) is 14.2. The van der Waals surface area contributed by atoms with Gasteiger partial charge in [0.1, 0.15) is 11.5 Å². The zero-order valence-corrected chi connectivity index (χ0v) is 36.5. The van der Waals surface area contributed by atoms with E-state index in [4.69, 9.17) is 32.6 Å². The molecule has 17 heteroatoms. The highest BCUT2D eigenvalue weighted by Crippen LogP contribution is 2.50. The first-order valence-electron chi connectivity index (χ1n) is 20.2. The Labute approximate surface area is 411 Å². The van der Waals surface area contributed by atoms with Crippen molar-refractivity contribution in [1.29, 1.82) is 5.53 Å². The van der Waals surface area contributed by atoms with Gasteiger partial charge in [0, 0.05) is 95.5 Å². The quantitative estimate of drug-likeness (QED) is 0.105. The molecule has 3 aromatic rings. The van der Waals surface area contributed by atoms with Crippen LogP contribution in [0.1, 0.15) is 76.1 Å². The molecule has 0 saturated carbocycles. The number of amidine groups is 1. The summed E-state index contributed by atoms with van der Waals surface area (Å²) < 4.78 is 0. The highest BCUT2D eigenvalue weighted by molar-refractivity contribution is 6.11. The van der Waals surface area contributed by atoms with Gasteiger partial charge in [0.15, 0.2) is 5.84 Å². The molecule has 0 radical (unpaired) electrons. The summed E-state index contributed by atoms with van der Waals surface area (Å²) in [6.07, 6.45) is 17.8. The number of hydrogen-bond donors (Lipinski definition) is 3. The van der Waals surface area contributed by atoms with Crippen LogP contribution in [0.15, 0.2) is 84.5 Å². The van der Waals surface area contributed by atoms with Gasteiger partial charge < -0.3 is 21.4 Å². The van der Waals surface area contributed by atoms with Gasteiger partial charge >= 0.3 is 0 Å². The van der Waals surface area contributed by atoms with Crippen LogP contribution in [-0.4, -0.2) is 45.4 Å². The first kappa shape index (κ1) is 48.6. The molecule has 1 fully saturated rings. The summed E-state index contributed by atoms with van der Waals surface area (Å²) in [5.74, 6) is 63.3. The lowest BCUT2D eigenvalue weighted by Gasteiger charge is -2.42. The van der Waals surface area contributed by atoms with Crippen LogP contribution in [0.25, 0.3) is 0 Å². The van der Waals surface area contributed by atoms with E-state index in [1.807, 2.05) is 30.9 Å². The third-order valence-electron chi connectivity index (χ3n) is 9.90. The molecule has 5 N–H and O–H groups in total. The second-order valence-corrected chi connectivity index (χ2v) is 13.6. The van der Waals surface area contributed by atoms with Gasteiger partial charge in [-0.3, -0.25) is 15.0 Å². The van der Waals surface area contributed by atoms with E-state index in [-0.39, 0.29) is 27.1 Å². The Morgan fingerprint density at radius 1 is 0.735 bits per heavy atom. The molecule has 1 saturated heterocycles. The van der Waals surface area contributed by atoms with Crippen LogP contribution in [0, 0.1) is 154 Å². The zero-order chi connectivity index (χ0) is 47.9. The van der Waals surface area contributed by atoms with Crippen LogP contribution in [0.2, 0.25) is 0 Å². The summed E-state index contributed by atoms with van der Waals surface area (Å²) in [6.45, 7) is 5.11. The van der Waals surface area contributed by atoms with Crippen molar-refractivity contribution < 1.29 is 15.7 Å². The van der Waals surface area contributed by atoms with Gasteiger partial charge in [-0.2, -0.15) is 5.53 Å². The number of piperidine rings is 1. The number of terminal acetylenes is 1. The third kappa shape index (κ3) is 14.5. The second-order valence-electron chi connectivity index (χ2n) is 13.6. The van der Waals surface area contributed by atoms with Gasteiger partial charge in [0.2, 0.25) is 0 Å². The summed E-state index contributed by atoms with van der Waals surface area (Å²) in [6, 6.07) is 6.34. The topological polar surface area (TPSA) is 233 Å². The highest BCUT2D eigenvalue weighted by atomic mass is 15.6. The van der Waals surface area contributed by atoms with E-state index in [0.717, 1.165) is 86.2 Å². The number of pyridine rings is 2. The number of anilines is 2. The molecule has 0 bridgehead atoms. The molecule has 3 aliphatic heterocycles. The van der Waals surface area contributed by atoms with E-state index in [2.05, 4.69) is 210 Å². The van der Waals surface area contributed by atoms with E-state index in [1.165, 1.54) is 11.1 Å². The van der Waals surface area contributed by atoms with Crippen molar-refractivity contribution in [1.82, 2.24) is 19.9 Å². The number of aryl methyl sites for hydroxylation is 1. The lowest BCUT2D eigenvalue weighted by molar-refractivity contribution is 0.187. The van der Waals surface area contributed by atoms with Crippen molar-refractivity contribution in [2.75, 3.05) is 29.4 Å². The molecule has 0 aromatic carbocycles. The van der Waals surface area contributed by atoms with Crippen molar-refractivity contribution in [3.63, 3.8) is 0 Å². The Kier molecular flexibility index (Phi) is 19.7. The number of aliphatic imine (C=N–C) groups is 1. The van der Waals surface area contributed by atoms with Crippen molar-refractivity contribution in [3.8, 4) is 143 Å². The number of hydrogen-bond acceptors (Lipinski definition) is 10. The highest BCUT2D eigenvalue weighted by Gasteiger charge is 2.46. The first-order chi connectivity index (χ1) is 33.5. The molecule has 17 nitrogen and oxygen atoms in total. The fourth-order valence-corrected chi connectivity index (χ4v) is 7.07. The van der Waals surface area contributed by atoms with Crippen LogP contribution in [0.4, 0.5) is 11.5 Å². The van der Waals surface area contributed by atoms with Gasteiger partial charge in [-0.05, 0) is 200 Å². The number of nitrogens with one attached hydrogen (secondary N) is 1. The van der Waals surface area contributed by atoms with Crippen LogP contribution < -0.4 is 21.4 Å². The Bertz CT molecular complexity index is 3340. The minimum absolute atomic E-state index is 0. The second kappa shape index (κ2) is 27.6. The molecule has 1 atom stereocenters. The number of fused-ring (bicyclic) bond motifs is 3. The summed E-state index contributed by atoms with van der Waals surface area (Å²) in [7, 11) is 0. The van der Waals surface area contributed by atoms with Crippen LogP contribution in [0.5, 0.6) is 0 Å². The van der Waals surface area contributed by atoms with Crippen LogP contribution in [0.3, 0.4) is 0 Å². The van der Waals surface area contributed by atoms with Gasteiger partial charge in [0.25, 0.3) is 0 Å². The molecule has 4 aliphatic rings. The van der Waals surface area contributed by atoms with Gasteiger partial charge in [-0.1, -0.05) is 11.1 Å². The average Bonchev–Trinajstić information content (AvgIpc) is 3.92. The predicted octanol–water partition coefficient (Wildman–Crippen LogP) is 7.20. The molecular weight excluding hydrogens is 851 g/mol. The maximum Gasteiger partial charge on any atom is 0.156 e. The van der Waals surface area contributed by atoms with E-state index >= 15 is 0 Å². The first-order valence-corrected chi connectivity index (χ1v) is 20.2. The minimum atomic E-state index is 0. The Morgan fingerprint density at radius 3 is 1.93 bits per heavy atom. The molecule has 68 heavy (non-hydrogen) atoms. The lowest BCUT2D eigenvalue weighted by Crippen LogP contribution is -2.44. The molecule has 6 heterocycles. The number of aromatic nitrogens is 4. The standard InChI is InChI=1S/C26H28N8.C25H4.H3N9.11H2/c27-24-18-14-28-9-5-17(18)13-26(24)6-11-33(12-7-26)22-16-30-23-20(32-22)15-31-25(23)34-10-2-3-19-21(34)4-1-8-29-19;1-3-5-7-9-11-13-15-17-19-21-23-25-24-22-20-18-16-14-12-10-8-6-4-2;1-3-5-7-9-8-6-4-2;;;;;;;;;;;/h1,4-5,8-9,14,16,24H,2-3,6-7,10-13,15,27H2;1H,2H3;(H3,1,2,5,6,9);11*1H/t24-;;;;;;;;;;;;;/m1............./s1. The van der Waals surface area contributed by atoms with Crippen molar-refractivity contribution in [2.24, 2.45) is 58.5 Å². The molecule has 0 amide bonds. The molecule has 1 aliphatic carbocycles. The number of rotatable bonds is 4. The predicted molar refractivity (Wildman–Crippen MR) is 278 cm³/mol. The fourth-order valence-electron chi connectivity index (χ4n) is 7.07. The largest absolute Gasteiger partial charge is 0.355 e. The Morgan fingerprint density at radius 2 is 1.34 bits per heavy atom. The molecule has 0 unspecified atom stereocenters. The Hall–Kier alpha value is -10.5. The fraction of sp³-hybridized carbons (Fsp3) is 0.235. The molecule has 7 rings (SSSR count).